The minimum Gasteiger partial charge on any atom is -0.462 e. The van der Waals surface area contributed by atoms with Crippen LogP contribution in [0, 0.1) is 5.41 Å². The molecule has 0 aliphatic rings. The third-order valence-electron chi connectivity index (χ3n) is 7.68. The molecule has 1 atom stereocenters. The van der Waals surface area contributed by atoms with Crippen LogP contribution in [-0.4, -0.2) is 83.1 Å². The van der Waals surface area contributed by atoms with Gasteiger partial charge in [0.25, 0.3) is 11.2 Å². The minimum absolute atomic E-state index is 0.0798. The SMILES string of the molecule is C=C(C)C(=O)OCCC(CC)(CC(=C)C(C)(C)OCC(O)(C(F)(F)F)C(F)(F)F)C(C)(C)OCC(O)(C(F)(F)F)C(F)(F)F. The van der Waals surface area contributed by atoms with Gasteiger partial charge in [0.1, 0.15) is 0 Å². The monoisotopic (exact) mass is 672 g/mol. The standard InChI is InChI=1S/C26H36F12O6/c1-9-20(10-11-42-17(39)15(2)3,19(7,8)44-14-22(41,25(33,34)35)26(36,37)38)12-16(4)18(5,6)43-13-21(40,23(27,28)29)24(30,31)32/h40-41H,2,4,9-14H2,1,3,5-8H3. The Labute approximate surface area is 246 Å². The van der Waals surface area contributed by atoms with Gasteiger partial charge in [0, 0.05) is 11.0 Å². The lowest BCUT2D eigenvalue weighted by atomic mass is 9.64. The van der Waals surface area contributed by atoms with Crippen LogP contribution in [0.5, 0.6) is 0 Å². The van der Waals surface area contributed by atoms with E-state index in [1.54, 1.807) is 0 Å². The lowest BCUT2D eigenvalue weighted by Gasteiger charge is -2.49. The van der Waals surface area contributed by atoms with Crippen LogP contribution in [0.2, 0.25) is 0 Å². The molecular weight excluding hydrogens is 636 g/mol. The molecule has 0 radical (unpaired) electrons. The van der Waals surface area contributed by atoms with Crippen molar-refractivity contribution in [1.82, 2.24) is 0 Å². The molecule has 44 heavy (non-hydrogen) atoms. The first-order valence-corrected chi connectivity index (χ1v) is 12.7. The van der Waals surface area contributed by atoms with Gasteiger partial charge in [0.2, 0.25) is 0 Å². The summed E-state index contributed by atoms with van der Waals surface area (Å²) in [6.07, 6.45) is -26.2. The van der Waals surface area contributed by atoms with Crippen molar-refractivity contribution in [3.05, 3.63) is 24.3 Å². The number of carbonyl (C=O) groups is 1. The molecule has 0 fully saturated rings. The summed E-state index contributed by atoms with van der Waals surface area (Å²) >= 11 is 0. The Balaban J connectivity index is 6.60. The summed E-state index contributed by atoms with van der Waals surface area (Å²) in [6, 6.07) is 0. The summed E-state index contributed by atoms with van der Waals surface area (Å²) in [4.78, 5) is 11.9. The maximum Gasteiger partial charge on any atom is 0.428 e. The summed E-state index contributed by atoms with van der Waals surface area (Å²) in [6.45, 7) is 8.29. The Morgan fingerprint density at radius 3 is 1.39 bits per heavy atom. The van der Waals surface area contributed by atoms with Crippen LogP contribution in [0.3, 0.4) is 0 Å². The summed E-state index contributed by atoms with van der Waals surface area (Å²) in [5.41, 5.74) is -17.0. The van der Waals surface area contributed by atoms with E-state index in [9.17, 15) is 67.7 Å². The zero-order valence-electron chi connectivity index (χ0n) is 24.7. The zero-order chi connectivity index (χ0) is 35.6. The molecule has 0 aliphatic heterocycles. The second-order valence-electron chi connectivity index (χ2n) is 11.4. The van der Waals surface area contributed by atoms with E-state index in [0.717, 1.165) is 27.7 Å². The highest BCUT2D eigenvalue weighted by Crippen LogP contribution is 2.51. The number of halogens is 12. The molecule has 0 spiro atoms. The van der Waals surface area contributed by atoms with E-state index < -0.39 is 91.2 Å². The molecule has 0 aromatic rings. The van der Waals surface area contributed by atoms with Gasteiger partial charge < -0.3 is 24.4 Å². The minimum atomic E-state index is -6.25. The van der Waals surface area contributed by atoms with Gasteiger partial charge in [-0.15, -0.1) is 0 Å². The number of esters is 1. The Hall–Kier alpha value is -2.05. The molecule has 0 aromatic carbocycles. The molecule has 2 N–H and O–H groups in total. The highest BCUT2D eigenvalue weighted by molar-refractivity contribution is 5.86. The summed E-state index contributed by atoms with van der Waals surface area (Å²) in [5.74, 6) is -0.932. The molecule has 0 saturated carbocycles. The largest absolute Gasteiger partial charge is 0.462 e. The molecule has 0 aromatic heterocycles. The van der Waals surface area contributed by atoms with E-state index in [-0.39, 0.29) is 17.6 Å². The fourth-order valence-corrected chi connectivity index (χ4v) is 3.89. The molecule has 0 amide bonds. The quantitative estimate of drug-likeness (QED) is 0.0833. The van der Waals surface area contributed by atoms with Crippen LogP contribution in [0.1, 0.15) is 60.8 Å². The van der Waals surface area contributed by atoms with Crippen molar-refractivity contribution in [3.8, 4) is 0 Å². The summed E-state index contributed by atoms with van der Waals surface area (Å²) < 4.78 is 174. The number of aliphatic hydroxyl groups is 2. The molecule has 18 heteroatoms. The molecule has 0 saturated heterocycles. The van der Waals surface area contributed by atoms with Crippen LogP contribution in [0.25, 0.3) is 0 Å². The lowest BCUT2D eigenvalue weighted by Crippen LogP contribution is -2.62. The van der Waals surface area contributed by atoms with E-state index in [2.05, 4.69) is 13.2 Å². The van der Waals surface area contributed by atoms with Crippen molar-refractivity contribution in [1.29, 1.82) is 0 Å². The average Bonchev–Trinajstić information content (AvgIpc) is 2.81. The predicted octanol–water partition coefficient (Wildman–Crippen LogP) is 7.14. The number of ether oxygens (including phenoxy) is 3. The van der Waals surface area contributed by atoms with Crippen LogP contribution < -0.4 is 0 Å². The van der Waals surface area contributed by atoms with Gasteiger partial charge in [-0.05, 0) is 59.5 Å². The summed E-state index contributed by atoms with van der Waals surface area (Å²) in [5, 5.41) is 19.0. The predicted molar refractivity (Wildman–Crippen MR) is 131 cm³/mol. The summed E-state index contributed by atoms with van der Waals surface area (Å²) in [7, 11) is 0. The van der Waals surface area contributed by atoms with Crippen molar-refractivity contribution >= 4 is 5.97 Å². The van der Waals surface area contributed by atoms with Gasteiger partial charge in [0.15, 0.2) is 0 Å². The van der Waals surface area contributed by atoms with Gasteiger partial charge in [-0.1, -0.05) is 20.1 Å². The molecule has 0 aliphatic carbocycles. The maximum absolute atomic E-state index is 13.3. The first-order valence-electron chi connectivity index (χ1n) is 12.7. The van der Waals surface area contributed by atoms with Crippen LogP contribution >= 0.6 is 0 Å². The van der Waals surface area contributed by atoms with Gasteiger partial charge >= 0.3 is 30.7 Å². The Morgan fingerprint density at radius 1 is 0.705 bits per heavy atom. The number of hydrogen-bond acceptors (Lipinski definition) is 6. The van der Waals surface area contributed by atoms with E-state index in [1.807, 2.05) is 0 Å². The highest BCUT2D eigenvalue weighted by Gasteiger charge is 2.72. The second-order valence-corrected chi connectivity index (χ2v) is 11.4. The second kappa shape index (κ2) is 13.4. The van der Waals surface area contributed by atoms with Gasteiger partial charge in [-0.3, -0.25) is 0 Å². The van der Waals surface area contributed by atoms with Crippen molar-refractivity contribution in [2.75, 3.05) is 19.8 Å². The van der Waals surface area contributed by atoms with Gasteiger partial charge in [-0.2, -0.15) is 52.7 Å². The number of rotatable bonds is 15. The third-order valence-corrected chi connectivity index (χ3v) is 7.68. The number of alkyl halides is 12. The van der Waals surface area contributed by atoms with E-state index in [1.165, 1.54) is 13.8 Å². The molecular formula is C26H36F12O6. The van der Waals surface area contributed by atoms with E-state index in [4.69, 9.17) is 14.2 Å². The van der Waals surface area contributed by atoms with E-state index >= 15 is 0 Å². The van der Waals surface area contributed by atoms with Gasteiger partial charge in [-0.25, -0.2) is 4.79 Å². The maximum atomic E-state index is 13.3. The van der Waals surface area contributed by atoms with Crippen molar-refractivity contribution in [2.45, 2.75) is 108 Å². The fourth-order valence-electron chi connectivity index (χ4n) is 3.89. The normalized spacial score (nSPS) is 16.0. The highest BCUT2D eigenvalue weighted by atomic mass is 19.4. The Bertz CT molecular complexity index is 996. The molecule has 1 unspecified atom stereocenters. The molecule has 6 nitrogen and oxygen atoms in total. The molecule has 0 heterocycles. The van der Waals surface area contributed by atoms with Crippen molar-refractivity contribution in [3.63, 3.8) is 0 Å². The first-order chi connectivity index (χ1) is 19.2. The molecule has 0 rings (SSSR count). The van der Waals surface area contributed by atoms with Crippen molar-refractivity contribution < 1.29 is 81.9 Å². The van der Waals surface area contributed by atoms with Crippen LogP contribution in [0.4, 0.5) is 52.7 Å². The van der Waals surface area contributed by atoms with Crippen LogP contribution in [-0.2, 0) is 19.0 Å². The lowest BCUT2D eigenvalue weighted by molar-refractivity contribution is -0.384. The smallest absolute Gasteiger partial charge is 0.428 e. The van der Waals surface area contributed by atoms with Gasteiger partial charge in [0.05, 0.1) is 31.0 Å². The molecule has 260 valence electrons. The number of hydrogen-bond donors (Lipinski definition) is 2. The zero-order valence-corrected chi connectivity index (χ0v) is 24.7. The topological polar surface area (TPSA) is 85.2 Å². The molecule has 0 bridgehead atoms. The fraction of sp³-hybridized carbons (Fsp3) is 0.808. The number of carbonyl (C=O) groups excluding carboxylic acids is 1. The Morgan fingerprint density at radius 2 is 1.07 bits per heavy atom. The Kier molecular flexibility index (Phi) is 12.7. The average molecular weight is 673 g/mol. The third kappa shape index (κ3) is 9.02. The van der Waals surface area contributed by atoms with E-state index in [0.29, 0.717) is 0 Å². The van der Waals surface area contributed by atoms with Crippen LogP contribution in [0.15, 0.2) is 24.3 Å². The van der Waals surface area contributed by atoms with Crippen molar-refractivity contribution in [2.24, 2.45) is 5.41 Å². The first kappa shape index (κ1) is 42.0.